The lowest BCUT2D eigenvalue weighted by Crippen LogP contribution is -2.27. The third-order valence-corrected chi connectivity index (χ3v) is 4.49. The number of carboxylic acids is 1. The summed E-state index contributed by atoms with van der Waals surface area (Å²) in [6.45, 7) is 1.75. The van der Waals surface area contributed by atoms with Crippen LogP contribution in [0.15, 0.2) is 42.5 Å². The van der Waals surface area contributed by atoms with E-state index in [9.17, 15) is 14.4 Å². The van der Waals surface area contributed by atoms with Gasteiger partial charge >= 0.3 is 5.97 Å². The standard InChI is InChI=1S/C20H20N2O5/c1-13(23)22-10-9-14-11-15(3-8-18(14)22)20(26)21(2)16-4-6-17(7-5-16)27-12-19(24)25/h3-8,11H,9-10,12H2,1-2H3,(H,24,25). The van der Waals surface area contributed by atoms with Gasteiger partial charge in [-0.05, 0) is 54.4 Å². The van der Waals surface area contributed by atoms with Crippen molar-refractivity contribution in [2.45, 2.75) is 13.3 Å². The van der Waals surface area contributed by atoms with E-state index in [2.05, 4.69) is 0 Å². The smallest absolute Gasteiger partial charge is 0.341 e. The van der Waals surface area contributed by atoms with E-state index in [-0.39, 0.29) is 11.8 Å². The Morgan fingerprint density at radius 3 is 2.48 bits per heavy atom. The largest absolute Gasteiger partial charge is 0.482 e. The zero-order valence-electron chi connectivity index (χ0n) is 15.1. The van der Waals surface area contributed by atoms with Crippen LogP contribution in [0.25, 0.3) is 0 Å². The molecular weight excluding hydrogens is 348 g/mol. The Hall–Kier alpha value is -3.35. The predicted octanol–water partition coefficient (Wildman–Crippen LogP) is 2.34. The van der Waals surface area contributed by atoms with Crippen LogP contribution in [0.4, 0.5) is 11.4 Å². The Morgan fingerprint density at radius 2 is 1.85 bits per heavy atom. The fourth-order valence-electron chi connectivity index (χ4n) is 3.08. The molecule has 0 bridgehead atoms. The van der Waals surface area contributed by atoms with Crippen LogP contribution in [0.1, 0.15) is 22.8 Å². The maximum Gasteiger partial charge on any atom is 0.341 e. The molecule has 7 nitrogen and oxygen atoms in total. The van der Waals surface area contributed by atoms with Gasteiger partial charge < -0.3 is 19.6 Å². The van der Waals surface area contributed by atoms with Crippen LogP contribution in [0, 0.1) is 0 Å². The Morgan fingerprint density at radius 1 is 1.15 bits per heavy atom. The second-order valence-corrected chi connectivity index (χ2v) is 6.30. The lowest BCUT2D eigenvalue weighted by atomic mass is 10.1. The van der Waals surface area contributed by atoms with Crippen LogP contribution in [0.5, 0.6) is 5.75 Å². The minimum absolute atomic E-state index is 0.00449. The number of fused-ring (bicyclic) bond motifs is 1. The van der Waals surface area contributed by atoms with Crippen molar-refractivity contribution in [3.63, 3.8) is 0 Å². The highest BCUT2D eigenvalue weighted by Gasteiger charge is 2.24. The number of ether oxygens (including phenoxy) is 1. The maximum absolute atomic E-state index is 12.8. The van der Waals surface area contributed by atoms with Crippen molar-refractivity contribution >= 4 is 29.2 Å². The van der Waals surface area contributed by atoms with Crippen molar-refractivity contribution in [1.29, 1.82) is 0 Å². The molecule has 2 aromatic carbocycles. The van der Waals surface area contributed by atoms with Crippen molar-refractivity contribution in [1.82, 2.24) is 0 Å². The molecule has 0 unspecified atom stereocenters. The van der Waals surface area contributed by atoms with Gasteiger partial charge in [0.1, 0.15) is 5.75 Å². The number of rotatable bonds is 5. The highest BCUT2D eigenvalue weighted by molar-refractivity contribution is 6.06. The molecule has 3 rings (SSSR count). The Kier molecular flexibility index (Phi) is 5.12. The fraction of sp³-hybridized carbons (Fsp3) is 0.250. The Balaban J connectivity index is 1.74. The molecule has 0 saturated carbocycles. The second-order valence-electron chi connectivity index (χ2n) is 6.30. The number of carbonyl (C=O) groups excluding carboxylic acids is 2. The van der Waals surface area contributed by atoms with E-state index in [1.165, 1.54) is 11.8 Å². The molecule has 1 aliphatic heterocycles. The predicted molar refractivity (Wildman–Crippen MR) is 100 cm³/mol. The first-order chi connectivity index (χ1) is 12.9. The number of anilines is 2. The molecule has 1 N–H and O–H groups in total. The summed E-state index contributed by atoms with van der Waals surface area (Å²) >= 11 is 0. The monoisotopic (exact) mass is 368 g/mol. The number of benzene rings is 2. The van der Waals surface area contributed by atoms with Crippen LogP contribution in [-0.4, -0.2) is 43.1 Å². The van der Waals surface area contributed by atoms with Crippen molar-refractivity contribution in [3.8, 4) is 5.75 Å². The van der Waals surface area contributed by atoms with Crippen LogP contribution in [0.2, 0.25) is 0 Å². The highest BCUT2D eigenvalue weighted by Crippen LogP contribution is 2.29. The van der Waals surface area contributed by atoms with Gasteiger partial charge in [0.2, 0.25) is 5.91 Å². The number of hydrogen-bond acceptors (Lipinski definition) is 4. The fourth-order valence-corrected chi connectivity index (χ4v) is 3.08. The quantitative estimate of drug-likeness (QED) is 0.875. The normalized spacial score (nSPS) is 12.4. The van der Waals surface area contributed by atoms with Crippen molar-refractivity contribution < 1.29 is 24.2 Å². The number of carbonyl (C=O) groups is 3. The molecule has 0 saturated heterocycles. The van der Waals surface area contributed by atoms with E-state index in [1.807, 2.05) is 12.1 Å². The third kappa shape index (κ3) is 3.92. The van der Waals surface area contributed by atoms with E-state index in [0.29, 0.717) is 23.5 Å². The highest BCUT2D eigenvalue weighted by atomic mass is 16.5. The van der Waals surface area contributed by atoms with Crippen molar-refractivity contribution in [2.75, 3.05) is 30.0 Å². The molecule has 0 radical (unpaired) electrons. The lowest BCUT2D eigenvalue weighted by Gasteiger charge is -2.19. The van der Waals surface area contributed by atoms with E-state index in [4.69, 9.17) is 9.84 Å². The molecule has 140 valence electrons. The zero-order chi connectivity index (χ0) is 19.6. The molecule has 2 amide bonds. The average Bonchev–Trinajstić information content (AvgIpc) is 3.09. The molecule has 7 heteroatoms. The topological polar surface area (TPSA) is 87.2 Å². The van der Waals surface area contributed by atoms with Gasteiger partial charge in [-0.3, -0.25) is 9.59 Å². The zero-order valence-corrected chi connectivity index (χ0v) is 15.1. The number of nitrogens with zero attached hydrogens (tertiary/aromatic N) is 2. The summed E-state index contributed by atoms with van der Waals surface area (Å²) in [7, 11) is 1.67. The SMILES string of the molecule is CC(=O)N1CCc2cc(C(=O)N(C)c3ccc(OCC(=O)O)cc3)ccc21. The third-order valence-electron chi connectivity index (χ3n) is 4.49. The average molecular weight is 368 g/mol. The minimum Gasteiger partial charge on any atom is -0.482 e. The van der Waals surface area contributed by atoms with Crippen molar-refractivity contribution in [3.05, 3.63) is 53.6 Å². The summed E-state index contributed by atoms with van der Waals surface area (Å²) in [5.41, 5.74) is 3.06. The van der Waals surface area contributed by atoms with Crippen LogP contribution >= 0.6 is 0 Å². The summed E-state index contributed by atoms with van der Waals surface area (Å²) in [6.07, 6.45) is 0.732. The molecule has 0 aliphatic carbocycles. The van der Waals surface area contributed by atoms with Gasteiger partial charge in [0.25, 0.3) is 5.91 Å². The first kappa shape index (κ1) is 18.4. The molecule has 0 aromatic heterocycles. The van der Waals surface area contributed by atoms with Gasteiger partial charge in [-0.25, -0.2) is 4.79 Å². The summed E-state index contributed by atoms with van der Waals surface area (Å²) in [4.78, 5) is 38.2. The summed E-state index contributed by atoms with van der Waals surface area (Å²) in [6, 6.07) is 12.0. The molecule has 0 fully saturated rings. The Bertz CT molecular complexity index is 892. The molecule has 1 heterocycles. The molecular formula is C20H20N2O5. The van der Waals surface area contributed by atoms with Crippen molar-refractivity contribution in [2.24, 2.45) is 0 Å². The van der Waals surface area contributed by atoms with E-state index < -0.39 is 12.6 Å². The Labute approximate surface area is 156 Å². The van der Waals surface area contributed by atoms with E-state index >= 15 is 0 Å². The van der Waals surface area contributed by atoms with Gasteiger partial charge in [0, 0.05) is 37.5 Å². The molecule has 27 heavy (non-hydrogen) atoms. The van der Waals surface area contributed by atoms with Gasteiger partial charge in [-0.2, -0.15) is 0 Å². The molecule has 1 aliphatic rings. The summed E-state index contributed by atoms with van der Waals surface area (Å²) < 4.78 is 5.09. The number of hydrogen-bond donors (Lipinski definition) is 1. The van der Waals surface area contributed by atoms with E-state index in [0.717, 1.165) is 17.7 Å². The summed E-state index contributed by atoms with van der Waals surface area (Å²) in [5.74, 6) is -0.802. The number of amides is 2. The first-order valence-corrected chi connectivity index (χ1v) is 8.50. The molecule has 0 spiro atoms. The maximum atomic E-state index is 12.8. The van der Waals surface area contributed by atoms with Gasteiger partial charge in [0.15, 0.2) is 6.61 Å². The van der Waals surface area contributed by atoms with E-state index in [1.54, 1.807) is 42.3 Å². The summed E-state index contributed by atoms with van der Waals surface area (Å²) in [5, 5.41) is 8.63. The second kappa shape index (κ2) is 7.49. The number of aliphatic carboxylic acids is 1. The minimum atomic E-state index is -1.05. The van der Waals surface area contributed by atoms with Crippen LogP contribution in [-0.2, 0) is 16.0 Å². The first-order valence-electron chi connectivity index (χ1n) is 8.50. The van der Waals surface area contributed by atoms with Crippen LogP contribution < -0.4 is 14.5 Å². The number of carboxylic acid groups (broad SMARTS) is 1. The van der Waals surface area contributed by atoms with Gasteiger partial charge in [-0.15, -0.1) is 0 Å². The van der Waals surface area contributed by atoms with Gasteiger partial charge in [-0.1, -0.05) is 0 Å². The van der Waals surface area contributed by atoms with Gasteiger partial charge in [0.05, 0.1) is 0 Å². The molecule has 2 aromatic rings. The van der Waals surface area contributed by atoms with Crippen LogP contribution in [0.3, 0.4) is 0 Å². The molecule has 0 atom stereocenters. The lowest BCUT2D eigenvalue weighted by molar-refractivity contribution is -0.139.